The molecule has 6 nitrogen and oxygen atoms in total. The molecular weight excluding hydrogens is 427 g/mol. The van der Waals surface area contributed by atoms with Crippen molar-refractivity contribution in [1.29, 1.82) is 0 Å². The normalized spacial score (nSPS) is 20.5. The van der Waals surface area contributed by atoms with Crippen molar-refractivity contribution in [2.75, 3.05) is 46.0 Å². The predicted octanol–water partition coefficient (Wildman–Crippen LogP) is 1.73. The van der Waals surface area contributed by atoms with E-state index in [-0.39, 0.29) is 29.7 Å². The smallest absolute Gasteiger partial charge is 0.213 e. The SMILES string of the molecule is CCS(=O)(=O)N(C)CCCNC(=NC)N1CCC2(CCC2)C1.I. The summed E-state index contributed by atoms with van der Waals surface area (Å²) in [6, 6.07) is 0. The summed E-state index contributed by atoms with van der Waals surface area (Å²) >= 11 is 0. The summed E-state index contributed by atoms with van der Waals surface area (Å²) in [6.07, 6.45) is 6.16. The highest BCUT2D eigenvalue weighted by molar-refractivity contribution is 14.0. The Bertz CT molecular complexity index is 506. The maximum Gasteiger partial charge on any atom is 0.213 e. The Balaban J connectivity index is 0.00000264. The van der Waals surface area contributed by atoms with Crippen LogP contribution in [-0.4, -0.2) is 69.6 Å². The number of nitrogens with one attached hydrogen (secondary N) is 1. The van der Waals surface area contributed by atoms with Gasteiger partial charge in [0.1, 0.15) is 0 Å². The van der Waals surface area contributed by atoms with Crippen LogP contribution in [0.1, 0.15) is 39.0 Å². The van der Waals surface area contributed by atoms with Gasteiger partial charge in [-0.05, 0) is 38.0 Å². The Kier molecular flexibility index (Phi) is 8.06. The lowest BCUT2D eigenvalue weighted by Crippen LogP contribution is -2.43. The molecular formula is C15H31IN4O2S. The first-order valence-corrected chi connectivity index (χ1v) is 9.93. The van der Waals surface area contributed by atoms with E-state index in [4.69, 9.17) is 0 Å². The number of aliphatic imine (C=N–C) groups is 1. The fourth-order valence-electron chi connectivity index (χ4n) is 3.39. The lowest BCUT2D eigenvalue weighted by Gasteiger charge is -2.38. The van der Waals surface area contributed by atoms with E-state index in [2.05, 4.69) is 15.2 Å². The van der Waals surface area contributed by atoms with Gasteiger partial charge in [0, 0.05) is 40.3 Å². The van der Waals surface area contributed by atoms with Gasteiger partial charge in [0.2, 0.25) is 10.0 Å². The molecule has 0 unspecified atom stereocenters. The summed E-state index contributed by atoms with van der Waals surface area (Å²) < 4.78 is 24.8. The maximum atomic E-state index is 11.7. The van der Waals surface area contributed by atoms with Gasteiger partial charge in [-0.2, -0.15) is 0 Å². The van der Waals surface area contributed by atoms with E-state index >= 15 is 0 Å². The summed E-state index contributed by atoms with van der Waals surface area (Å²) in [4.78, 5) is 6.73. The van der Waals surface area contributed by atoms with Crippen molar-refractivity contribution in [2.24, 2.45) is 10.4 Å². The third-order valence-corrected chi connectivity index (χ3v) is 7.00. The van der Waals surface area contributed by atoms with Crippen LogP contribution in [0.4, 0.5) is 0 Å². The van der Waals surface area contributed by atoms with Gasteiger partial charge in [0.15, 0.2) is 5.96 Å². The van der Waals surface area contributed by atoms with Crippen molar-refractivity contribution in [1.82, 2.24) is 14.5 Å². The van der Waals surface area contributed by atoms with Crippen LogP contribution in [0.3, 0.4) is 0 Å². The second-order valence-electron chi connectivity index (χ2n) is 6.57. The fourth-order valence-corrected chi connectivity index (χ4v) is 4.24. The number of hydrogen-bond donors (Lipinski definition) is 1. The highest BCUT2D eigenvalue weighted by Gasteiger charge is 2.43. The Labute approximate surface area is 158 Å². The molecule has 1 saturated heterocycles. The Morgan fingerprint density at radius 1 is 1.35 bits per heavy atom. The molecule has 0 aromatic carbocycles. The van der Waals surface area contributed by atoms with Crippen LogP contribution in [0, 0.1) is 5.41 Å². The molecule has 0 aromatic rings. The van der Waals surface area contributed by atoms with Crippen molar-refractivity contribution >= 4 is 40.0 Å². The van der Waals surface area contributed by atoms with Gasteiger partial charge >= 0.3 is 0 Å². The highest BCUT2D eigenvalue weighted by atomic mass is 127. The lowest BCUT2D eigenvalue weighted by atomic mass is 9.68. The summed E-state index contributed by atoms with van der Waals surface area (Å²) in [5.41, 5.74) is 0.563. The molecule has 1 spiro atoms. The zero-order chi connectivity index (χ0) is 16.2. The molecule has 23 heavy (non-hydrogen) atoms. The minimum atomic E-state index is -3.07. The molecule has 0 bridgehead atoms. The van der Waals surface area contributed by atoms with Crippen LogP contribution >= 0.6 is 24.0 Å². The van der Waals surface area contributed by atoms with Gasteiger partial charge in [-0.25, -0.2) is 12.7 Å². The van der Waals surface area contributed by atoms with E-state index in [0.29, 0.717) is 12.0 Å². The monoisotopic (exact) mass is 458 g/mol. The van der Waals surface area contributed by atoms with E-state index < -0.39 is 10.0 Å². The average Bonchev–Trinajstić information content (AvgIpc) is 2.92. The molecule has 0 atom stereocenters. The van der Waals surface area contributed by atoms with Gasteiger partial charge in [0.25, 0.3) is 0 Å². The van der Waals surface area contributed by atoms with Gasteiger partial charge < -0.3 is 10.2 Å². The maximum absolute atomic E-state index is 11.7. The molecule has 0 aromatic heterocycles. The largest absolute Gasteiger partial charge is 0.356 e. The lowest BCUT2D eigenvalue weighted by molar-refractivity contribution is 0.151. The predicted molar refractivity (Wildman–Crippen MR) is 106 cm³/mol. The Hall–Kier alpha value is -0.0900. The van der Waals surface area contributed by atoms with Crippen molar-refractivity contribution in [2.45, 2.75) is 39.0 Å². The summed E-state index contributed by atoms with van der Waals surface area (Å²) in [5, 5.41) is 3.38. The molecule has 136 valence electrons. The van der Waals surface area contributed by atoms with Crippen molar-refractivity contribution in [3.8, 4) is 0 Å². The minimum Gasteiger partial charge on any atom is -0.356 e. The van der Waals surface area contributed by atoms with E-state index in [1.54, 1.807) is 14.0 Å². The quantitative estimate of drug-likeness (QED) is 0.285. The second-order valence-corrected chi connectivity index (χ2v) is 8.94. The van der Waals surface area contributed by atoms with E-state index in [1.807, 2.05) is 7.05 Å². The van der Waals surface area contributed by atoms with E-state index in [0.717, 1.165) is 32.0 Å². The molecule has 1 saturated carbocycles. The number of sulfonamides is 1. The van der Waals surface area contributed by atoms with Gasteiger partial charge in [0.05, 0.1) is 5.75 Å². The molecule has 1 heterocycles. The van der Waals surface area contributed by atoms with Crippen LogP contribution in [0.2, 0.25) is 0 Å². The number of halogens is 1. The number of guanidine groups is 1. The van der Waals surface area contributed by atoms with E-state index in [9.17, 15) is 8.42 Å². The minimum absolute atomic E-state index is 0. The highest BCUT2D eigenvalue weighted by Crippen LogP contribution is 2.47. The standard InChI is InChI=1S/C15H30N4O2S.HI/c1-4-22(20,21)18(3)11-6-10-17-14(16-2)19-12-9-15(13-19)7-5-8-15;/h4-13H2,1-3H3,(H,16,17);1H. The van der Waals surface area contributed by atoms with Gasteiger partial charge in [-0.3, -0.25) is 4.99 Å². The fraction of sp³-hybridized carbons (Fsp3) is 0.933. The molecule has 1 N–H and O–H groups in total. The second kappa shape index (κ2) is 8.84. The van der Waals surface area contributed by atoms with Gasteiger partial charge in [-0.15, -0.1) is 24.0 Å². The number of nitrogens with zero attached hydrogens (tertiary/aromatic N) is 3. The van der Waals surface area contributed by atoms with Crippen LogP contribution in [0.5, 0.6) is 0 Å². The van der Waals surface area contributed by atoms with Gasteiger partial charge in [-0.1, -0.05) is 6.42 Å². The van der Waals surface area contributed by atoms with Crippen LogP contribution in [0.15, 0.2) is 4.99 Å². The Morgan fingerprint density at radius 3 is 2.52 bits per heavy atom. The number of rotatable bonds is 6. The molecule has 1 aliphatic heterocycles. The molecule has 1 aliphatic carbocycles. The van der Waals surface area contributed by atoms with Crippen LogP contribution < -0.4 is 5.32 Å². The third-order valence-electron chi connectivity index (χ3n) is 5.14. The van der Waals surface area contributed by atoms with Crippen LogP contribution in [-0.2, 0) is 10.0 Å². The average molecular weight is 458 g/mol. The summed E-state index contributed by atoms with van der Waals surface area (Å²) in [7, 11) is 0.402. The molecule has 0 radical (unpaired) electrons. The van der Waals surface area contributed by atoms with Crippen LogP contribution in [0.25, 0.3) is 0 Å². The molecule has 2 rings (SSSR count). The molecule has 2 aliphatic rings. The zero-order valence-electron chi connectivity index (χ0n) is 14.5. The van der Waals surface area contributed by atoms with Crippen molar-refractivity contribution < 1.29 is 8.42 Å². The van der Waals surface area contributed by atoms with Crippen molar-refractivity contribution in [3.05, 3.63) is 0 Å². The first-order valence-electron chi connectivity index (χ1n) is 8.32. The summed E-state index contributed by atoms with van der Waals surface area (Å²) in [6.45, 7) is 5.18. The number of hydrogen-bond acceptors (Lipinski definition) is 3. The zero-order valence-corrected chi connectivity index (χ0v) is 17.7. The first kappa shape index (κ1) is 21.0. The molecule has 2 fully saturated rings. The number of likely N-dealkylation sites (tertiary alicyclic amines) is 1. The Morgan fingerprint density at radius 2 is 2.04 bits per heavy atom. The first-order chi connectivity index (χ1) is 10.4. The molecule has 0 amide bonds. The molecule has 8 heteroatoms. The van der Waals surface area contributed by atoms with E-state index in [1.165, 1.54) is 30.0 Å². The van der Waals surface area contributed by atoms with Crippen molar-refractivity contribution in [3.63, 3.8) is 0 Å². The third kappa shape index (κ3) is 5.19. The summed E-state index contributed by atoms with van der Waals surface area (Å²) in [5.74, 6) is 1.12. The topological polar surface area (TPSA) is 65.0 Å².